The largest absolute Gasteiger partial charge is 0.355 e. The molecule has 2 aromatic carbocycles. The number of nitrogens with zero attached hydrogens (tertiary/aromatic N) is 2. The highest BCUT2D eigenvalue weighted by molar-refractivity contribution is 6.33. The standard InChI is InChI=1S/C18H15ClN2O3/c1-10-7-11(2)17(12(3)8-10)14-9-16(24-20-14)18-13(19)5-4-6-15(18)21(22)23/h4-9H,1-3H3. The third-order valence-corrected chi connectivity index (χ3v) is 4.19. The Hall–Kier alpha value is -2.66. The molecular weight excluding hydrogens is 328 g/mol. The molecule has 0 N–H and O–H groups in total. The Morgan fingerprint density at radius 1 is 1.08 bits per heavy atom. The van der Waals surface area contributed by atoms with E-state index in [0.717, 1.165) is 16.7 Å². The number of halogens is 1. The lowest BCUT2D eigenvalue weighted by Gasteiger charge is -2.07. The van der Waals surface area contributed by atoms with Gasteiger partial charge in [-0.3, -0.25) is 10.1 Å². The number of hydrogen-bond acceptors (Lipinski definition) is 4. The van der Waals surface area contributed by atoms with Gasteiger partial charge in [0, 0.05) is 17.7 Å². The molecule has 0 fully saturated rings. The average Bonchev–Trinajstić information content (AvgIpc) is 2.94. The van der Waals surface area contributed by atoms with Crippen molar-refractivity contribution in [2.24, 2.45) is 0 Å². The number of nitro groups is 1. The van der Waals surface area contributed by atoms with Crippen LogP contribution in [0.15, 0.2) is 40.9 Å². The Kier molecular flexibility index (Phi) is 4.11. The smallest absolute Gasteiger partial charge is 0.281 e. The van der Waals surface area contributed by atoms with Gasteiger partial charge < -0.3 is 4.52 Å². The van der Waals surface area contributed by atoms with Crippen LogP contribution in [0.3, 0.4) is 0 Å². The first-order valence-corrected chi connectivity index (χ1v) is 7.74. The van der Waals surface area contributed by atoms with Crippen LogP contribution in [-0.4, -0.2) is 10.1 Å². The second-order valence-corrected chi connectivity index (χ2v) is 6.15. The van der Waals surface area contributed by atoms with Gasteiger partial charge in [0.1, 0.15) is 11.3 Å². The molecule has 6 heteroatoms. The maximum atomic E-state index is 11.3. The second kappa shape index (κ2) is 6.09. The molecule has 1 aromatic heterocycles. The van der Waals surface area contributed by atoms with Gasteiger partial charge in [-0.1, -0.05) is 40.5 Å². The summed E-state index contributed by atoms with van der Waals surface area (Å²) in [6, 6.07) is 10.3. The quantitative estimate of drug-likeness (QED) is 0.465. The number of nitro benzene ring substituents is 1. The zero-order valence-corrected chi connectivity index (χ0v) is 14.2. The van der Waals surface area contributed by atoms with E-state index in [1.54, 1.807) is 12.1 Å². The van der Waals surface area contributed by atoms with E-state index in [2.05, 4.69) is 17.3 Å². The van der Waals surface area contributed by atoms with Crippen LogP contribution in [0.2, 0.25) is 5.02 Å². The zero-order valence-electron chi connectivity index (χ0n) is 13.5. The van der Waals surface area contributed by atoms with Gasteiger partial charge in [0.25, 0.3) is 5.69 Å². The van der Waals surface area contributed by atoms with Crippen LogP contribution in [0.25, 0.3) is 22.6 Å². The van der Waals surface area contributed by atoms with Gasteiger partial charge >= 0.3 is 0 Å². The van der Waals surface area contributed by atoms with E-state index in [-0.39, 0.29) is 22.0 Å². The molecule has 3 aromatic rings. The summed E-state index contributed by atoms with van der Waals surface area (Å²) in [6.07, 6.45) is 0. The SMILES string of the molecule is Cc1cc(C)c(-c2cc(-c3c(Cl)cccc3[N+](=O)[O-])on2)c(C)c1. The van der Waals surface area contributed by atoms with Crippen molar-refractivity contribution >= 4 is 17.3 Å². The number of aryl methyl sites for hydroxylation is 3. The van der Waals surface area contributed by atoms with E-state index < -0.39 is 4.92 Å². The lowest BCUT2D eigenvalue weighted by Crippen LogP contribution is -1.92. The molecule has 0 spiro atoms. The highest BCUT2D eigenvalue weighted by Crippen LogP contribution is 2.38. The maximum Gasteiger partial charge on any atom is 0.281 e. The van der Waals surface area contributed by atoms with Gasteiger partial charge in [-0.2, -0.15) is 0 Å². The van der Waals surface area contributed by atoms with Crippen LogP contribution >= 0.6 is 11.6 Å². The number of aromatic nitrogens is 1. The summed E-state index contributed by atoms with van der Waals surface area (Å²) < 4.78 is 5.38. The molecule has 0 bridgehead atoms. The Bertz CT molecular complexity index is 924. The topological polar surface area (TPSA) is 69.2 Å². The minimum Gasteiger partial charge on any atom is -0.355 e. The van der Waals surface area contributed by atoms with Gasteiger partial charge in [0.05, 0.1) is 9.95 Å². The van der Waals surface area contributed by atoms with Gasteiger partial charge in [-0.15, -0.1) is 0 Å². The van der Waals surface area contributed by atoms with Crippen LogP contribution < -0.4 is 0 Å². The minimum absolute atomic E-state index is 0.109. The Balaban J connectivity index is 2.16. The van der Waals surface area contributed by atoms with Crippen LogP contribution in [0.1, 0.15) is 16.7 Å². The summed E-state index contributed by atoms with van der Waals surface area (Å²) in [5, 5.41) is 15.6. The van der Waals surface area contributed by atoms with Crippen molar-refractivity contribution in [2.45, 2.75) is 20.8 Å². The molecule has 1 heterocycles. The number of rotatable bonds is 3. The van der Waals surface area contributed by atoms with Crippen molar-refractivity contribution in [1.29, 1.82) is 0 Å². The van der Waals surface area contributed by atoms with Crippen molar-refractivity contribution in [1.82, 2.24) is 5.16 Å². The predicted molar refractivity (Wildman–Crippen MR) is 93.3 cm³/mol. The molecule has 0 aliphatic rings. The lowest BCUT2D eigenvalue weighted by atomic mass is 9.97. The molecular formula is C18H15ClN2O3. The summed E-state index contributed by atoms with van der Waals surface area (Å²) in [5.74, 6) is 0.279. The van der Waals surface area contributed by atoms with Crippen LogP contribution in [0.4, 0.5) is 5.69 Å². The average molecular weight is 343 g/mol. The first-order chi connectivity index (χ1) is 11.4. The third kappa shape index (κ3) is 2.78. The Morgan fingerprint density at radius 3 is 2.38 bits per heavy atom. The van der Waals surface area contributed by atoms with Crippen LogP contribution in [0.5, 0.6) is 0 Å². The molecule has 0 atom stereocenters. The van der Waals surface area contributed by atoms with Crippen molar-refractivity contribution in [3.63, 3.8) is 0 Å². The summed E-state index contributed by atoms with van der Waals surface area (Å²) in [4.78, 5) is 10.8. The Labute approximate surface area is 144 Å². The van der Waals surface area contributed by atoms with Crippen LogP contribution in [0, 0.1) is 30.9 Å². The lowest BCUT2D eigenvalue weighted by molar-refractivity contribution is -0.384. The van der Waals surface area contributed by atoms with Crippen molar-refractivity contribution < 1.29 is 9.45 Å². The molecule has 0 unspecified atom stereocenters. The van der Waals surface area contributed by atoms with Gasteiger partial charge in [0.15, 0.2) is 5.76 Å². The monoisotopic (exact) mass is 342 g/mol. The summed E-state index contributed by atoms with van der Waals surface area (Å²) >= 11 is 6.15. The number of hydrogen-bond donors (Lipinski definition) is 0. The maximum absolute atomic E-state index is 11.3. The molecule has 24 heavy (non-hydrogen) atoms. The minimum atomic E-state index is -0.480. The van der Waals surface area contributed by atoms with E-state index in [0.29, 0.717) is 5.69 Å². The van der Waals surface area contributed by atoms with Crippen molar-refractivity contribution in [3.8, 4) is 22.6 Å². The summed E-state index contributed by atoms with van der Waals surface area (Å²) in [5.41, 5.74) is 5.04. The molecule has 0 saturated carbocycles. The fourth-order valence-electron chi connectivity index (χ4n) is 3.00. The van der Waals surface area contributed by atoms with Gasteiger partial charge in [-0.05, 0) is 38.0 Å². The summed E-state index contributed by atoms with van der Waals surface area (Å²) in [7, 11) is 0. The highest BCUT2D eigenvalue weighted by Gasteiger charge is 2.23. The first kappa shape index (κ1) is 16.2. The van der Waals surface area contributed by atoms with Crippen molar-refractivity contribution in [2.75, 3.05) is 0 Å². The molecule has 0 amide bonds. The molecule has 5 nitrogen and oxygen atoms in total. The first-order valence-electron chi connectivity index (χ1n) is 7.36. The zero-order chi connectivity index (χ0) is 17.4. The molecule has 0 aliphatic carbocycles. The highest BCUT2D eigenvalue weighted by atomic mass is 35.5. The van der Waals surface area contributed by atoms with E-state index in [1.807, 2.05) is 20.8 Å². The predicted octanol–water partition coefficient (Wildman–Crippen LogP) is 5.50. The third-order valence-electron chi connectivity index (χ3n) is 3.88. The molecule has 122 valence electrons. The molecule has 0 saturated heterocycles. The molecule has 0 radical (unpaired) electrons. The van der Waals surface area contributed by atoms with Crippen molar-refractivity contribution in [3.05, 3.63) is 68.2 Å². The molecule has 0 aliphatic heterocycles. The molecule has 3 rings (SSSR count). The van der Waals surface area contributed by atoms with Gasteiger partial charge in [0.2, 0.25) is 0 Å². The Morgan fingerprint density at radius 2 is 1.75 bits per heavy atom. The van der Waals surface area contributed by atoms with Gasteiger partial charge in [-0.25, -0.2) is 0 Å². The fraction of sp³-hybridized carbons (Fsp3) is 0.167. The van der Waals surface area contributed by atoms with E-state index in [1.165, 1.54) is 17.7 Å². The van der Waals surface area contributed by atoms with E-state index in [9.17, 15) is 10.1 Å². The van der Waals surface area contributed by atoms with E-state index in [4.69, 9.17) is 16.1 Å². The fourth-order valence-corrected chi connectivity index (χ4v) is 3.27. The van der Waals surface area contributed by atoms with Crippen LogP contribution in [-0.2, 0) is 0 Å². The van der Waals surface area contributed by atoms with E-state index >= 15 is 0 Å². The second-order valence-electron chi connectivity index (χ2n) is 5.74. The summed E-state index contributed by atoms with van der Waals surface area (Å²) in [6.45, 7) is 6.04. The normalized spacial score (nSPS) is 10.8. The number of benzene rings is 2.